The zero-order valence-corrected chi connectivity index (χ0v) is 18.1. The zero-order valence-electron chi connectivity index (χ0n) is 17.4. The molecular formula is C22H21ClN4O5. The molecule has 4 rings (SSSR count). The lowest BCUT2D eigenvalue weighted by atomic mass is 9.98. The predicted molar refractivity (Wildman–Crippen MR) is 119 cm³/mol. The zero-order chi connectivity index (χ0) is 22.8. The van der Waals surface area contributed by atoms with Gasteiger partial charge in [0.2, 0.25) is 0 Å². The van der Waals surface area contributed by atoms with Gasteiger partial charge in [-0.15, -0.1) is 0 Å². The van der Waals surface area contributed by atoms with Gasteiger partial charge in [0.1, 0.15) is 17.9 Å². The summed E-state index contributed by atoms with van der Waals surface area (Å²) in [5.41, 5.74) is 0.701. The van der Waals surface area contributed by atoms with Crippen LogP contribution in [0.2, 0.25) is 5.02 Å². The molecule has 10 heteroatoms. The number of carbonyl (C=O) groups excluding carboxylic acids is 1. The molecular weight excluding hydrogens is 436 g/mol. The van der Waals surface area contributed by atoms with Crippen LogP contribution in [-0.2, 0) is 11.3 Å². The molecule has 1 fully saturated rings. The summed E-state index contributed by atoms with van der Waals surface area (Å²) in [6.07, 6.45) is 3.38. The van der Waals surface area contributed by atoms with Crippen molar-refractivity contribution in [2.45, 2.75) is 26.4 Å². The first-order valence-electron chi connectivity index (χ1n) is 10.2. The normalized spacial score (nSPS) is 14.5. The number of nitro groups is 1. The van der Waals surface area contributed by atoms with Crippen LogP contribution in [0.3, 0.4) is 0 Å². The number of nitro benzene ring substituents is 1. The first-order chi connectivity index (χ1) is 15.3. The van der Waals surface area contributed by atoms with Crippen molar-refractivity contribution in [3.05, 3.63) is 79.3 Å². The quantitative estimate of drug-likeness (QED) is 0.326. The third kappa shape index (κ3) is 4.57. The molecule has 1 aliphatic heterocycles. The molecule has 2 aromatic heterocycles. The second-order valence-electron chi connectivity index (χ2n) is 7.87. The van der Waals surface area contributed by atoms with E-state index in [2.05, 4.69) is 11.9 Å². The first-order valence-corrected chi connectivity index (χ1v) is 10.6. The minimum absolute atomic E-state index is 0.0649. The van der Waals surface area contributed by atoms with Gasteiger partial charge in [-0.2, -0.15) is 0 Å². The van der Waals surface area contributed by atoms with Crippen LogP contribution in [0.15, 0.2) is 47.4 Å². The number of benzene rings is 1. The summed E-state index contributed by atoms with van der Waals surface area (Å²) in [7, 11) is 0. The van der Waals surface area contributed by atoms with Gasteiger partial charge in [-0.05, 0) is 43.0 Å². The Hall–Kier alpha value is -3.46. The van der Waals surface area contributed by atoms with Crippen molar-refractivity contribution in [3.63, 3.8) is 0 Å². The van der Waals surface area contributed by atoms with E-state index >= 15 is 0 Å². The highest BCUT2D eigenvalue weighted by atomic mass is 35.5. The van der Waals surface area contributed by atoms with Gasteiger partial charge >= 0.3 is 5.97 Å². The summed E-state index contributed by atoms with van der Waals surface area (Å²) in [6.45, 7) is 3.39. The maximum absolute atomic E-state index is 12.5. The summed E-state index contributed by atoms with van der Waals surface area (Å²) >= 11 is 5.90. The van der Waals surface area contributed by atoms with Crippen LogP contribution in [0.4, 0.5) is 11.4 Å². The van der Waals surface area contributed by atoms with E-state index in [1.807, 2.05) is 4.90 Å². The Morgan fingerprint density at radius 1 is 1.25 bits per heavy atom. The number of ether oxygens (including phenoxy) is 1. The fourth-order valence-electron chi connectivity index (χ4n) is 3.74. The Morgan fingerprint density at radius 2 is 2.00 bits per heavy atom. The van der Waals surface area contributed by atoms with Crippen LogP contribution in [0.25, 0.3) is 5.65 Å². The van der Waals surface area contributed by atoms with Gasteiger partial charge in [-0.25, -0.2) is 9.78 Å². The average Bonchev–Trinajstić information content (AvgIpc) is 2.78. The molecule has 0 amide bonds. The molecule has 3 aromatic rings. The molecule has 1 aromatic carbocycles. The number of hydrogen-bond donors (Lipinski definition) is 0. The summed E-state index contributed by atoms with van der Waals surface area (Å²) in [6, 6.07) is 8.78. The van der Waals surface area contributed by atoms with E-state index in [1.54, 1.807) is 18.2 Å². The first kappa shape index (κ1) is 21.8. The van der Waals surface area contributed by atoms with Crippen molar-refractivity contribution in [1.82, 2.24) is 9.38 Å². The second kappa shape index (κ2) is 8.96. The number of hydrogen-bond acceptors (Lipinski definition) is 7. The molecule has 1 aliphatic rings. The summed E-state index contributed by atoms with van der Waals surface area (Å²) in [4.78, 5) is 42.2. The molecule has 0 N–H and O–H groups in total. The lowest BCUT2D eigenvalue weighted by Gasteiger charge is -2.31. The van der Waals surface area contributed by atoms with E-state index < -0.39 is 10.9 Å². The van der Waals surface area contributed by atoms with Crippen LogP contribution < -0.4 is 10.5 Å². The molecule has 9 nitrogen and oxygen atoms in total. The number of nitrogens with zero attached hydrogens (tertiary/aromatic N) is 4. The van der Waals surface area contributed by atoms with E-state index in [0.717, 1.165) is 25.9 Å². The molecule has 0 unspecified atom stereocenters. The predicted octanol–water partition coefficient (Wildman–Crippen LogP) is 3.85. The maximum Gasteiger partial charge on any atom is 0.338 e. The number of piperidine rings is 1. The van der Waals surface area contributed by atoms with Crippen molar-refractivity contribution >= 4 is 34.6 Å². The van der Waals surface area contributed by atoms with Gasteiger partial charge in [0, 0.05) is 31.4 Å². The minimum Gasteiger partial charge on any atom is -0.456 e. The number of pyridine rings is 1. The molecule has 3 heterocycles. The number of esters is 1. The van der Waals surface area contributed by atoms with E-state index in [-0.39, 0.29) is 29.1 Å². The number of halogens is 1. The average molecular weight is 457 g/mol. The van der Waals surface area contributed by atoms with Gasteiger partial charge in [0.05, 0.1) is 21.2 Å². The molecule has 1 saturated heterocycles. The van der Waals surface area contributed by atoms with Gasteiger partial charge in [0.15, 0.2) is 0 Å². The molecule has 0 bridgehead atoms. The highest BCUT2D eigenvalue weighted by molar-refractivity contribution is 6.30. The topological polar surface area (TPSA) is 107 Å². The van der Waals surface area contributed by atoms with Crippen molar-refractivity contribution in [1.29, 1.82) is 0 Å². The van der Waals surface area contributed by atoms with E-state index in [1.165, 1.54) is 28.8 Å². The summed E-state index contributed by atoms with van der Waals surface area (Å²) < 4.78 is 6.55. The number of rotatable bonds is 5. The van der Waals surface area contributed by atoms with Crippen LogP contribution in [0.5, 0.6) is 0 Å². The SMILES string of the molecule is CC1CCN(c2ccc(C(=O)OCc3cc(=O)n4cc(Cl)ccc4n3)cc2[N+](=O)[O-])CC1. The van der Waals surface area contributed by atoms with Crippen LogP contribution in [-0.4, -0.2) is 33.4 Å². The smallest absolute Gasteiger partial charge is 0.338 e. The fourth-order valence-corrected chi connectivity index (χ4v) is 3.90. The molecule has 0 aliphatic carbocycles. The lowest BCUT2D eigenvalue weighted by Crippen LogP contribution is -2.33. The standard InChI is InChI=1S/C22H21ClN4O5/c1-14-6-8-25(9-7-14)18-4-2-15(10-19(18)27(30)31)22(29)32-13-17-11-21(28)26-12-16(23)3-5-20(26)24-17/h2-5,10-12,14H,6-9,13H2,1H3. The summed E-state index contributed by atoms with van der Waals surface area (Å²) in [5, 5.41) is 12.0. The van der Waals surface area contributed by atoms with Crippen molar-refractivity contribution in [3.8, 4) is 0 Å². The minimum atomic E-state index is -0.731. The monoisotopic (exact) mass is 456 g/mol. The Bertz CT molecular complexity index is 1250. The highest BCUT2D eigenvalue weighted by Crippen LogP contribution is 2.32. The van der Waals surface area contributed by atoms with E-state index in [0.29, 0.717) is 22.3 Å². The number of fused-ring (bicyclic) bond motifs is 1. The van der Waals surface area contributed by atoms with Crippen LogP contribution in [0.1, 0.15) is 35.8 Å². The van der Waals surface area contributed by atoms with Crippen molar-refractivity contribution in [2.24, 2.45) is 5.92 Å². The molecule has 0 atom stereocenters. The van der Waals surface area contributed by atoms with Crippen molar-refractivity contribution in [2.75, 3.05) is 18.0 Å². The van der Waals surface area contributed by atoms with Crippen LogP contribution >= 0.6 is 11.6 Å². The molecule has 0 radical (unpaired) electrons. The third-order valence-corrected chi connectivity index (χ3v) is 5.78. The molecule has 0 saturated carbocycles. The van der Waals surface area contributed by atoms with E-state index in [9.17, 15) is 19.7 Å². The molecule has 0 spiro atoms. The van der Waals surface area contributed by atoms with Gasteiger partial charge in [-0.3, -0.25) is 19.3 Å². The van der Waals surface area contributed by atoms with Gasteiger partial charge in [0.25, 0.3) is 11.2 Å². The second-order valence-corrected chi connectivity index (χ2v) is 8.30. The molecule has 32 heavy (non-hydrogen) atoms. The Labute approximate surface area is 188 Å². The fraction of sp³-hybridized carbons (Fsp3) is 0.318. The maximum atomic E-state index is 12.5. The van der Waals surface area contributed by atoms with Gasteiger partial charge in [-0.1, -0.05) is 18.5 Å². The number of carbonyl (C=O) groups is 1. The highest BCUT2D eigenvalue weighted by Gasteiger charge is 2.25. The number of aromatic nitrogens is 2. The Morgan fingerprint density at radius 3 is 2.72 bits per heavy atom. The Balaban J connectivity index is 1.51. The molecule has 166 valence electrons. The summed E-state index contributed by atoms with van der Waals surface area (Å²) in [5.74, 6) is -0.140. The lowest BCUT2D eigenvalue weighted by molar-refractivity contribution is -0.384. The number of anilines is 1. The van der Waals surface area contributed by atoms with Gasteiger partial charge < -0.3 is 9.64 Å². The van der Waals surface area contributed by atoms with Crippen molar-refractivity contribution < 1.29 is 14.5 Å². The van der Waals surface area contributed by atoms with E-state index in [4.69, 9.17) is 16.3 Å². The third-order valence-electron chi connectivity index (χ3n) is 5.56. The Kier molecular flexibility index (Phi) is 6.09. The van der Waals surface area contributed by atoms with Crippen LogP contribution in [0, 0.1) is 16.0 Å². The largest absolute Gasteiger partial charge is 0.456 e.